The number of ether oxygens (including phenoxy) is 1. The summed E-state index contributed by atoms with van der Waals surface area (Å²) >= 11 is 0. The molecule has 3 rings (SSSR count). The van der Waals surface area contributed by atoms with Gasteiger partial charge in [-0.3, -0.25) is 4.99 Å². The van der Waals surface area contributed by atoms with Crippen LogP contribution in [0.15, 0.2) is 59.6 Å². The molecule has 0 fully saturated rings. The summed E-state index contributed by atoms with van der Waals surface area (Å²) in [5, 5.41) is 3.39. The predicted octanol–water partition coefficient (Wildman–Crippen LogP) is 3.32. The van der Waals surface area contributed by atoms with Crippen LogP contribution in [0.5, 0.6) is 5.75 Å². The molecule has 1 N–H and O–H groups in total. The Morgan fingerprint density at radius 1 is 1.04 bits per heavy atom. The van der Waals surface area contributed by atoms with Gasteiger partial charge in [0.1, 0.15) is 12.4 Å². The van der Waals surface area contributed by atoms with Crippen molar-refractivity contribution in [2.75, 3.05) is 26.7 Å². The summed E-state index contributed by atoms with van der Waals surface area (Å²) in [6.07, 6.45) is 0.978. The summed E-state index contributed by atoms with van der Waals surface area (Å²) < 4.78 is 5.81. The number of nitrogens with one attached hydrogen (secondary N) is 1. The Hall–Kier alpha value is -1.76. The number of hydrogen-bond acceptors (Lipinski definition) is 4. The summed E-state index contributed by atoms with van der Waals surface area (Å²) in [6.45, 7) is 3.41. The van der Waals surface area contributed by atoms with Gasteiger partial charge >= 0.3 is 0 Å². The minimum absolute atomic E-state index is 0. The minimum atomic E-state index is 0. The topological polar surface area (TPSA) is 36.9 Å². The van der Waals surface area contributed by atoms with Crippen LogP contribution in [0.3, 0.4) is 0 Å². The number of hydrogen-bond donors (Lipinski definition) is 1. The molecule has 0 saturated heterocycles. The van der Waals surface area contributed by atoms with E-state index < -0.39 is 0 Å². The molecular formula is C19H24IN3O. The lowest BCUT2D eigenvalue weighted by molar-refractivity contribution is 0.306. The zero-order valence-corrected chi connectivity index (χ0v) is 16.3. The number of rotatable bonds is 6. The van der Waals surface area contributed by atoms with E-state index in [0.717, 1.165) is 37.8 Å². The largest absolute Gasteiger partial charge is 0.489 e. The van der Waals surface area contributed by atoms with Crippen molar-refractivity contribution in [1.82, 2.24) is 10.2 Å². The van der Waals surface area contributed by atoms with E-state index in [4.69, 9.17) is 4.74 Å². The van der Waals surface area contributed by atoms with Gasteiger partial charge in [0.05, 0.1) is 6.54 Å². The lowest BCUT2D eigenvalue weighted by Gasteiger charge is -2.15. The second kappa shape index (κ2) is 9.52. The molecule has 24 heavy (non-hydrogen) atoms. The zero-order valence-electron chi connectivity index (χ0n) is 13.9. The van der Waals surface area contributed by atoms with Gasteiger partial charge in [-0.15, -0.1) is 24.0 Å². The number of guanidine groups is 1. The van der Waals surface area contributed by atoms with Crippen LogP contribution in [0.25, 0.3) is 0 Å². The third-order valence-corrected chi connectivity index (χ3v) is 3.93. The highest BCUT2D eigenvalue weighted by Crippen LogP contribution is 2.14. The normalized spacial score (nSPS) is 13.2. The molecule has 0 atom stereocenters. The first-order valence-electron chi connectivity index (χ1n) is 8.06. The van der Waals surface area contributed by atoms with Crippen molar-refractivity contribution in [2.45, 2.75) is 13.0 Å². The number of halogens is 1. The van der Waals surface area contributed by atoms with Crippen molar-refractivity contribution in [3.05, 3.63) is 65.7 Å². The second-order valence-corrected chi connectivity index (χ2v) is 5.72. The fourth-order valence-corrected chi connectivity index (χ4v) is 2.54. The monoisotopic (exact) mass is 437 g/mol. The fourth-order valence-electron chi connectivity index (χ4n) is 2.54. The molecule has 5 heteroatoms. The van der Waals surface area contributed by atoms with Gasteiger partial charge in [0.15, 0.2) is 5.96 Å². The molecule has 2 aromatic rings. The van der Waals surface area contributed by atoms with E-state index in [1.807, 2.05) is 30.3 Å². The smallest absolute Gasteiger partial charge is 0.193 e. The van der Waals surface area contributed by atoms with Gasteiger partial charge in [-0.25, -0.2) is 0 Å². The molecule has 2 aromatic carbocycles. The summed E-state index contributed by atoms with van der Waals surface area (Å²) in [7, 11) is 2.07. The molecular weight excluding hydrogens is 413 g/mol. The molecule has 1 heterocycles. The molecule has 1 aliphatic rings. The fraction of sp³-hybridized carbons (Fsp3) is 0.316. The minimum Gasteiger partial charge on any atom is -0.489 e. The van der Waals surface area contributed by atoms with Crippen molar-refractivity contribution in [3.8, 4) is 5.75 Å². The van der Waals surface area contributed by atoms with Gasteiger partial charge in [-0.05, 0) is 29.7 Å². The Morgan fingerprint density at radius 3 is 2.46 bits per heavy atom. The number of nitrogens with zero attached hydrogens (tertiary/aromatic N) is 2. The van der Waals surface area contributed by atoms with Crippen LogP contribution in [-0.2, 0) is 13.0 Å². The lowest BCUT2D eigenvalue weighted by atomic mass is 10.1. The maximum absolute atomic E-state index is 5.81. The lowest BCUT2D eigenvalue weighted by Crippen LogP contribution is -2.36. The summed E-state index contributed by atoms with van der Waals surface area (Å²) in [5.74, 6) is 1.92. The highest BCUT2D eigenvalue weighted by atomic mass is 127. The molecule has 0 bridgehead atoms. The summed E-state index contributed by atoms with van der Waals surface area (Å²) in [6, 6.07) is 18.5. The van der Waals surface area contributed by atoms with Crippen molar-refractivity contribution in [3.63, 3.8) is 0 Å². The van der Waals surface area contributed by atoms with E-state index in [0.29, 0.717) is 6.61 Å². The Bertz CT molecular complexity index is 643. The maximum atomic E-state index is 5.81. The highest BCUT2D eigenvalue weighted by Gasteiger charge is 2.10. The first-order chi connectivity index (χ1) is 11.3. The average molecular weight is 437 g/mol. The number of aliphatic imine (C=N–C) groups is 1. The Morgan fingerprint density at radius 2 is 1.79 bits per heavy atom. The van der Waals surface area contributed by atoms with Crippen LogP contribution in [0.4, 0.5) is 0 Å². The molecule has 0 radical (unpaired) electrons. The summed E-state index contributed by atoms with van der Waals surface area (Å²) in [4.78, 5) is 6.58. The van der Waals surface area contributed by atoms with Crippen LogP contribution >= 0.6 is 24.0 Å². The zero-order chi connectivity index (χ0) is 15.9. The van der Waals surface area contributed by atoms with E-state index in [2.05, 4.69) is 46.5 Å². The van der Waals surface area contributed by atoms with Gasteiger partial charge < -0.3 is 15.0 Å². The maximum Gasteiger partial charge on any atom is 0.193 e. The Kier molecular flexibility index (Phi) is 7.36. The van der Waals surface area contributed by atoms with E-state index in [9.17, 15) is 0 Å². The van der Waals surface area contributed by atoms with Gasteiger partial charge in [0, 0.05) is 20.1 Å². The van der Waals surface area contributed by atoms with E-state index >= 15 is 0 Å². The molecule has 0 unspecified atom stereocenters. The third-order valence-electron chi connectivity index (χ3n) is 3.93. The van der Waals surface area contributed by atoms with Crippen molar-refractivity contribution >= 4 is 29.9 Å². The van der Waals surface area contributed by atoms with Gasteiger partial charge in [-0.2, -0.15) is 0 Å². The molecule has 0 aliphatic carbocycles. The molecule has 1 aliphatic heterocycles. The van der Waals surface area contributed by atoms with Gasteiger partial charge in [0.2, 0.25) is 0 Å². The Labute approximate surface area is 160 Å². The first-order valence-corrected chi connectivity index (χ1v) is 8.06. The quantitative estimate of drug-likeness (QED) is 0.705. The van der Waals surface area contributed by atoms with E-state index in [1.54, 1.807) is 0 Å². The number of benzene rings is 2. The van der Waals surface area contributed by atoms with Gasteiger partial charge in [-0.1, -0.05) is 42.5 Å². The van der Waals surface area contributed by atoms with Crippen LogP contribution in [0.1, 0.15) is 11.1 Å². The van der Waals surface area contributed by atoms with Crippen molar-refractivity contribution in [1.29, 1.82) is 0 Å². The molecule has 128 valence electrons. The van der Waals surface area contributed by atoms with Crippen LogP contribution in [-0.4, -0.2) is 37.5 Å². The van der Waals surface area contributed by atoms with E-state index in [-0.39, 0.29) is 24.0 Å². The van der Waals surface area contributed by atoms with Gasteiger partial charge in [0.25, 0.3) is 0 Å². The SMILES string of the molecule is CN1CCN=C1NCCc1ccc(OCc2ccccc2)cc1.I. The standard InChI is InChI=1S/C19H23N3O.HI/c1-22-14-13-21-19(22)20-12-11-16-7-9-18(10-8-16)23-15-17-5-3-2-4-6-17;/h2-10H,11-15H2,1H3,(H,20,21);1H. The summed E-state index contributed by atoms with van der Waals surface area (Å²) in [5.41, 5.74) is 2.48. The molecule has 0 amide bonds. The van der Waals surface area contributed by atoms with Crippen molar-refractivity contribution < 1.29 is 4.74 Å². The molecule has 4 nitrogen and oxygen atoms in total. The van der Waals surface area contributed by atoms with Crippen LogP contribution in [0.2, 0.25) is 0 Å². The number of likely N-dealkylation sites (N-methyl/N-ethyl adjacent to an activating group) is 1. The highest BCUT2D eigenvalue weighted by molar-refractivity contribution is 14.0. The Balaban J connectivity index is 0.00000208. The molecule has 0 aromatic heterocycles. The molecule has 0 spiro atoms. The molecule has 0 saturated carbocycles. The average Bonchev–Trinajstić information content (AvgIpc) is 3.00. The predicted molar refractivity (Wildman–Crippen MR) is 109 cm³/mol. The first kappa shape index (κ1) is 18.6. The van der Waals surface area contributed by atoms with Crippen molar-refractivity contribution in [2.24, 2.45) is 4.99 Å². The van der Waals surface area contributed by atoms with Crippen LogP contribution < -0.4 is 10.1 Å². The third kappa shape index (κ3) is 5.40. The van der Waals surface area contributed by atoms with Crippen LogP contribution in [0, 0.1) is 0 Å². The van der Waals surface area contributed by atoms with E-state index in [1.165, 1.54) is 11.1 Å². The second-order valence-electron chi connectivity index (χ2n) is 5.72.